The molecule has 0 bridgehead atoms. The highest BCUT2D eigenvalue weighted by molar-refractivity contribution is 5.52. The Bertz CT molecular complexity index is 85.6. The van der Waals surface area contributed by atoms with Crippen LogP contribution in [0.15, 0.2) is 5.34 Å². The van der Waals surface area contributed by atoms with Crippen LogP contribution in [-0.4, -0.2) is 17.8 Å². The maximum Gasteiger partial charge on any atom is 0.152 e. The summed E-state index contributed by atoms with van der Waals surface area (Å²) in [6.45, 7) is 0. The molecule has 0 amide bonds. The lowest BCUT2D eigenvalue weighted by molar-refractivity contribution is -0.108. The van der Waals surface area contributed by atoms with Crippen molar-refractivity contribution in [3.05, 3.63) is 4.91 Å². The van der Waals surface area contributed by atoms with Gasteiger partial charge in [-0.05, 0) is 6.42 Å². The van der Waals surface area contributed by atoms with E-state index in [4.69, 9.17) is 10.1 Å². The monoisotopic (exact) mass is 147 g/mol. The maximum absolute atomic E-state index is 9.56. The zero-order valence-corrected chi connectivity index (χ0v) is 5.40. The second kappa shape index (κ2) is 15.6. The molecule has 5 heteroatoms. The first-order valence-corrected chi connectivity index (χ1v) is 2.67. The number of nitrogens with zero attached hydrogens (tertiary/aromatic N) is 1. The molecular formula is C5H9NO4. The van der Waals surface area contributed by atoms with Crippen molar-refractivity contribution >= 4 is 12.6 Å². The Morgan fingerprint density at radius 2 is 1.50 bits per heavy atom. The van der Waals surface area contributed by atoms with E-state index in [1.165, 1.54) is 5.34 Å². The van der Waals surface area contributed by atoms with Crippen LogP contribution in [0.1, 0.15) is 19.3 Å². The van der Waals surface area contributed by atoms with Gasteiger partial charge in [0.05, 0.1) is 0 Å². The number of rotatable bonds is 4. The van der Waals surface area contributed by atoms with Crippen LogP contribution in [0.5, 0.6) is 0 Å². The van der Waals surface area contributed by atoms with Crippen LogP contribution in [0.4, 0.5) is 0 Å². The van der Waals surface area contributed by atoms with Crippen molar-refractivity contribution in [2.75, 3.05) is 0 Å². The quantitative estimate of drug-likeness (QED) is 0.274. The predicted molar refractivity (Wildman–Crippen MR) is 33.6 cm³/mol. The van der Waals surface area contributed by atoms with E-state index in [0.29, 0.717) is 19.3 Å². The molecule has 0 atom stereocenters. The lowest BCUT2D eigenvalue weighted by Crippen LogP contribution is -1.76. The minimum absolute atomic E-state index is 0.513. The number of carbonyl (C=O) groups excluding carboxylic acids is 2. The van der Waals surface area contributed by atoms with Gasteiger partial charge in [-0.2, -0.15) is 0 Å². The number of hydrogen-bond donors (Lipinski definition) is 1. The Morgan fingerprint density at radius 3 is 1.70 bits per heavy atom. The molecule has 10 heavy (non-hydrogen) atoms. The van der Waals surface area contributed by atoms with Crippen molar-refractivity contribution in [2.45, 2.75) is 19.3 Å². The molecule has 0 unspecified atom stereocenters. The van der Waals surface area contributed by atoms with Crippen LogP contribution in [0.2, 0.25) is 0 Å². The second-order valence-corrected chi connectivity index (χ2v) is 1.35. The first kappa shape index (κ1) is 11.5. The largest absolute Gasteiger partial charge is 0.379 e. The molecule has 0 heterocycles. The van der Waals surface area contributed by atoms with Crippen molar-refractivity contribution in [3.63, 3.8) is 0 Å². The molecule has 0 saturated heterocycles. The van der Waals surface area contributed by atoms with Gasteiger partial charge in [-0.15, -0.1) is 4.91 Å². The normalized spacial score (nSPS) is 6.80. The summed E-state index contributed by atoms with van der Waals surface area (Å²) in [4.78, 5) is 27.2. The summed E-state index contributed by atoms with van der Waals surface area (Å²) < 4.78 is 0. The summed E-state index contributed by atoms with van der Waals surface area (Å²) in [5.74, 6) is 0. The Kier molecular flexibility index (Phi) is 18.0. The zero-order chi connectivity index (χ0) is 8.24. The molecule has 0 radical (unpaired) electrons. The molecule has 0 aliphatic carbocycles. The second-order valence-electron chi connectivity index (χ2n) is 1.35. The summed E-state index contributed by atoms with van der Waals surface area (Å²) in [6, 6.07) is 0. The zero-order valence-electron chi connectivity index (χ0n) is 5.40. The minimum atomic E-state index is 0.513. The molecule has 0 aromatic carbocycles. The number of hydrogen-bond acceptors (Lipinski definition) is 4. The van der Waals surface area contributed by atoms with Gasteiger partial charge in [-0.3, -0.25) is 0 Å². The Balaban J connectivity index is 0. The average Bonchev–Trinajstić information content (AvgIpc) is 1.91. The van der Waals surface area contributed by atoms with Crippen molar-refractivity contribution in [3.8, 4) is 0 Å². The minimum Gasteiger partial charge on any atom is -0.379 e. The standard InChI is InChI=1S/C5H8O2.HNO2/c6-4-2-1-3-5-7;2-1-3/h4-5H,1-3H2;(H,2,3). The number of aldehydes is 2. The van der Waals surface area contributed by atoms with Crippen LogP contribution < -0.4 is 0 Å². The lowest BCUT2D eigenvalue weighted by Gasteiger charge is -1.78. The van der Waals surface area contributed by atoms with E-state index in [1.807, 2.05) is 0 Å². The Labute approximate surface area is 58.0 Å². The third-order valence-electron chi connectivity index (χ3n) is 0.644. The summed E-state index contributed by atoms with van der Waals surface area (Å²) in [6.07, 6.45) is 3.37. The molecule has 0 aliphatic heterocycles. The van der Waals surface area contributed by atoms with Gasteiger partial charge in [0.1, 0.15) is 12.6 Å². The van der Waals surface area contributed by atoms with Gasteiger partial charge in [0.2, 0.25) is 0 Å². The summed E-state index contributed by atoms with van der Waals surface area (Å²) in [5, 5.41) is 7.89. The molecule has 0 fully saturated rings. The fraction of sp³-hybridized carbons (Fsp3) is 0.600. The smallest absolute Gasteiger partial charge is 0.152 e. The first-order valence-electron chi connectivity index (χ1n) is 2.67. The maximum atomic E-state index is 9.56. The molecule has 1 N–H and O–H groups in total. The summed E-state index contributed by atoms with van der Waals surface area (Å²) in [5.41, 5.74) is 0. The molecule has 0 aliphatic rings. The topological polar surface area (TPSA) is 83.8 Å². The van der Waals surface area contributed by atoms with Gasteiger partial charge in [0, 0.05) is 12.8 Å². The molecule has 0 rings (SSSR count). The SMILES string of the molecule is O=CCCCC=O.O=NO. The first-order chi connectivity index (χ1) is 4.83. The lowest BCUT2D eigenvalue weighted by atomic mass is 10.3. The van der Waals surface area contributed by atoms with Crippen molar-refractivity contribution in [1.82, 2.24) is 0 Å². The van der Waals surface area contributed by atoms with Gasteiger partial charge in [0.25, 0.3) is 0 Å². The fourth-order valence-electron chi connectivity index (χ4n) is 0.285. The molecular weight excluding hydrogens is 138 g/mol. The van der Waals surface area contributed by atoms with Crippen molar-refractivity contribution in [1.29, 1.82) is 0 Å². The van der Waals surface area contributed by atoms with Gasteiger partial charge in [0.15, 0.2) is 5.34 Å². The molecule has 0 aromatic rings. The van der Waals surface area contributed by atoms with Crippen LogP contribution in [0, 0.1) is 4.91 Å². The Hall–Kier alpha value is -1.26. The third kappa shape index (κ3) is 29.6. The fourth-order valence-corrected chi connectivity index (χ4v) is 0.285. The van der Waals surface area contributed by atoms with Gasteiger partial charge < -0.3 is 14.8 Å². The van der Waals surface area contributed by atoms with E-state index in [2.05, 4.69) is 0 Å². The van der Waals surface area contributed by atoms with E-state index in [-0.39, 0.29) is 0 Å². The highest BCUT2D eigenvalue weighted by Gasteiger charge is 1.80. The van der Waals surface area contributed by atoms with Crippen molar-refractivity contribution in [2.24, 2.45) is 5.34 Å². The highest BCUT2D eigenvalue weighted by atomic mass is 16.6. The molecule has 0 aromatic heterocycles. The molecule has 58 valence electrons. The van der Waals surface area contributed by atoms with E-state index < -0.39 is 0 Å². The summed E-state index contributed by atoms with van der Waals surface area (Å²) >= 11 is 0. The van der Waals surface area contributed by atoms with Crippen LogP contribution in [0.3, 0.4) is 0 Å². The highest BCUT2D eigenvalue weighted by Crippen LogP contribution is 1.85. The van der Waals surface area contributed by atoms with Gasteiger partial charge in [-0.25, -0.2) is 0 Å². The number of carbonyl (C=O) groups is 2. The average molecular weight is 147 g/mol. The molecule has 5 nitrogen and oxygen atoms in total. The third-order valence-corrected chi connectivity index (χ3v) is 0.644. The molecule has 0 saturated carbocycles. The van der Waals surface area contributed by atoms with Gasteiger partial charge >= 0.3 is 0 Å². The predicted octanol–water partition coefficient (Wildman–Crippen LogP) is 0.696. The van der Waals surface area contributed by atoms with E-state index in [1.54, 1.807) is 0 Å². The molecule has 0 spiro atoms. The Morgan fingerprint density at radius 1 is 1.20 bits per heavy atom. The van der Waals surface area contributed by atoms with Crippen molar-refractivity contribution < 1.29 is 14.8 Å². The van der Waals surface area contributed by atoms with E-state index in [0.717, 1.165) is 12.6 Å². The summed E-state index contributed by atoms with van der Waals surface area (Å²) in [7, 11) is 0. The van der Waals surface area contributed by atoms with E-state index >= 15 is 0 Å². The van der Waals surface area contributed by atoms with Gasteiger partial charge in [-0.1, -0.05) is 0 Å². The van der Waals surface area contributed by atoms with Crippen LogP contribution >= 0.6 is 0 Å². The van der Waals surface area contributed by atoms with E-state index in [9.17, 15) is 9.59 Å². The van der Waals surface area contributed by atoms with Crippen LogP contribution in [0.25, 0.3) is 0 Å². The van der Waals surface area contributed by atoms with Crippen LogP contribution in [-0.2, 0) is 9.59 Å². The number of unbranched alkanes of at least 4 members (excludes halogenated alkanes) is 2.